The van der Waals surface area contributed by atoms with E-state index in [4.69, 9.17) is 17.3 Å². The maximum Gasteiger partial charge on any atom is 0.208 e. The van der Waals surface area contributed by atoms with Crippen LogP contribution in [0.5, 0.6) is 0 Å². The zero-order chi connectivity index (χ0) is 15.4. The second-order valence-electron chi connectivity index (χ2n) is 4.97. The van der Waals surface area contributed by atoms with Gasteiger partial charge in [0, 0.05) is 30.1 Å². The normalized spacial score (nSPS) is 12.4. The molecule has 0 saturated heterocycles. The maximum absolute atomic E-state index is 6.34. The van der Waals surface area contributed by atoms with Gasteiger partial charge in [-0.2, -0.15) is 0 Å². The number of aromatic nitrogens is 2. The van der Waals surface area contributed by atoms with Crippen molar-refractivity contribution in [1.29, 1.82) is 0 Å². The number of nitrogens with zero attached hydrogens (tertiary/aromatic N) is 3. The molecule has 0 amide bonds. The topological polar surface area (TPSA) is 55.0 Å². The summed E-state index contributed by atoms with van der Waals surface area (Å²) in [5, 5.41) is 9.96. The molecular formula is C14H19ClN4S2. The largest absolute Gasteiger partial charge is 0.353 e. The fourth-order valence-corrected chi connectivity index (χ4v) is 3.81. The molecule has 1 unspecified atom stereocenters. The molecule has 1 aromatic carbocycles. The predicted octanol–water partition coefficient (Wildman–Crippen LogP) is 3.69. The molecule has 1 aromatic heterocycles. The van der Waals surface area contributed by atoms with Gasteiger partial charge < -0.3 is 10.6 Å². The van der Waals surface area contributed by atoms with Crippen molar-refractivity contribution >= 4 is 39.8 Å². The highest BCUT2D eigenvalue weighted by Gasteiger charge is 2.10. The van der Waals surface area contributed by atoms with Crippen LogP contribution in [0.25, 0.3) is 0 Å². The molecule has 0 spiro atoms. The first-order valence-corrected chi connectivity index (χ1v) is 8.73. The lowest BCUT2D eigenvalue weighted by Gasteiger charge is -2.11. The van der Waals surface area contributed by atoms with Crippen LogP contribution in [-0.2, 0) is 6.42 Å². The molecule has 0 aliphatic heterocycles. The maximum atomic E-state index is 6.34. The molecule has 0 bridgehead atoms. The highest BCUT2D eigenvalue weighted by molar-refractivity contribution is 8.01. The van der Waals surface area contributed by atoms with E-state index in [1.54, 1.807) is 23.1 Å². The Bertz CT molecular complexity index is 600. The number of nitrogens with two attached hydrogens (primary N) is 1. The van der Waals surface area contributed by atoms with Gasteiger partial charge in [0.05, 0.1) is 0 Å². The van der Waals surface area contributed by atoms with Crippen LogP contribution in [0.15, 0.2) is 27.4 Å². The SMILES string of the molecule is CCC(N)Cc1ccc(Sc2nnc(N(C)C)s2)cc1Cl. The van der Waals surface area contributed by atoms with E-state index in [0.29, 0.717) is 0 Å². The van der Waals surface area contributed by atoms with E-state index in [-0.39, 0.29) is 6.04 Å². The Morgan fingerprint density at radius 3 is 2.71 bits per heavy atom. The van der Waals surface area contributed by atoms with Gasteiger partial charge in [-0.1, -0.05) is 47.7 Å². The first-order valence-electron chi connectivity index (χ1n) is 6.72. The highest BCUT2D eigenvalue weighted by Crippen LogP contribution is 2.34. The van der Waals surface area contributed by atoms with Crippen molar-refractivity contribution in [1.82, 2.24) is 10.2 Å². The van der Waals surface area contributed by atoms with Gasteiger partial charge >= 0.3 is 0 Å². The molecule has 1 atom stereocenters. The van der Waals surface area contributed by atoms with Gasteiger partial charge in [0.15, 0.2) is 4.34 Å². The fraction of sp³-hybridized carbons (Fsp3) is 0.429. The minimum atomic E-state index is 0.159. The Kier molecular flexibility index (Phi) is 5.87. The average Bonchev–Trinajstić information content (AvgIpc) is 2.90. The van der Waals surface area contributed by atoms with Gasteiger partial charge in [0.1, 0.15) is 0 Å². The van der Waals surface area contributed by atoms with Crippen LogP contribution in [0.3, 0.4) is 0 Å². The van der Waals surface area contributed by atoms with E-state index in [1.807, 2.05) is 31.1 Å². The first kappa shape index (κ1) is 16.5. The third-order valence-corrected chi connectivity index (χ3v) is 5.50. The van der Waals surface area contributed by atoms with E-state index in [9.17, 15) is 0 Å². The smallest absolute Gasteiger partial charge is 0.208 e. The van der Waals surface area contributed by atoms with E-state index >= 15 is 0 Å². The zero-order valence-electron chi connectivity index (χ0n) is 12.3. The quantitative estimate of drug-likeness (QED) is 0.867. The van der Waals surface area contributed by atoms with Crippen LogP contribution >= 0.6 is 34.7 Å². The molecule has 7 heteroatoms. The van der Waals surface area contributed by atoms with Gasteiger partial charge in [0.25, 0.3) is 0 Å². The monoisotopic (exact) mass is 342 g/mol. The minimum absolute atomic E-state index is 0.159. The molecule has 2 rings (SSSR count). The molecule has 0 fully saturated rings. The summed E-state index contributed by atoms with van der Waals surface area (Å²) in [6, 6.07) is 6.24. The Hall–Kier alpha value is -0.820. The lowest BCUT2D eigenvalue weighted by molar-refractivity contribution is 0.646. The van der Waals surface area contributed by atoms with Gasteiger partial charge in [-0.05, 0) is 30.5 Å². The van der Waals surface area contributed by atoms with Crippen molar-refractivity contribution in [2.75, 3.05) is 19.0 Å². The van der Waals surface area contributed by atoms with E-state index in [0.717, 1.165) is 37.8 Å². The average molecular weight is 343 g/mol. The summed E-state index contributed by atoms with van der Waals surface area (Å²) in [7, 11) is 3.91. The Morgan fingerprint density at radius 1 is 1.38 bits per heavy atom. The second kappa shape index (κ2) is 7.45. The summed E-state index contributed by atoms with van der Waals surface area (Å²) in [4.78, 5) is 3.01. The molecule has 0 aliphatic rings. The molecule has 0 aliphatic carbocycles. The number of hydrogen-bond acceptors (Lipinski definition) is 6. The summed E-state index contributed by atoms with van der Waals surface area (Å²) in [6.45, 7) is 2.08. The summed E-state index contributed by atoms with van der Waals surface area (Å²) >= 11 is 9.48. The molecule has 1 heterocycles. The van der Waals surface area contributed by atoms with Gasteiger partial charge in [-0.15, -0.1) is 10.2 Å². The van der Waals surface area contributed by atoms with Crippen molar-refractivity contribution in [3.05, 3.63) is 28.8 Å². The summed E-state index contributed by atoms with van der Waals surface area (Å²) < 4.78 is 0.910. The number of rotatable bonds is 6. The molecule has 0 saturated carbocycles. The van der Waals surface area contributed by atoms with Crippen LogP contribution in [-0.4, -0.2) is 30.3 Å². The van der Waals surface area contributed by atoms with Crippen molar-refractivity contribution in [2.24, 2.45) is 5.73 Å². The number of halogens is 1. The molecule has 2 N–H and O–H groups in total. The zero-order valence-corrected chi connectivity index (χ0v) is 14.7. The van der Waals surface area contributed by atoms with Crippen LogP contribution in [0.2, 0.25) is 5.02 Å². The fourth-order valence-electron chi connectivity index (χ4n) is 1.71. The summed E-state index contributed by atoms with van der Waals surface area (Å²) in [5.41, 5.74) is 7.08. The van der Waals surface area contributed by atoms with Crippen LogP contribution in [0, 0.1) is 0 Å². The van der Waals surface area contributed by atoms with Crippen molar-refractivity contribution in [3.63, 3.8) is 0 Å². The summed E-state index contributed by atoms with van der Waals surface area (Å²) in [5.74, 6) is 0. The minimum Gasteiger partial charge on any atom is -0.353 e. The van der Waals surface area contributed by atoms with Gasteiger partial charge in [-0.3, -0.25) is 0 Å². The predicted molar refractivity (Wildman–Crippen MR) is 91.8 cm³/mol. The second-order valence-corrected chi connectivity index (χ2v) is 7.66. The number of benzene rings is 1. The third-order valence-electron chi connectivity index (χ3n) is 3.01. The van der Waals surface area contributed by atoms with Crippen LogP contribution < -0.4 is 10.6 Å². The molecule has 2 aromatic rings. The lowest BCUT2D eigenvalue weighted by atomic mass is 10.1. The molecule has 4 nitrogen and oxygen atoms in total. The highest BCUT2D eigenvalue weighted by atomic mass is 35.5. The standard InChI is InChI=1S/C14H19ClN4S2/c1-4-10(16)7-9-5-6-11(8-12(9)15)20-14-18-17-13(21-14)19(2)3/h5-6,8,10H,4,7,16H2,1-3H3. The van der Waals surface area contributed by atoms with E-state index in [1.165, 1.54) is 0 Å². The number of anilines is 1. The van der Waals surface area contributed by atoms with Gasteiger partial charge in [-0.25, -0.2) is 0 Å². The first-order chi connectivity index (χ1) is 9.99. The molecular weight excluding hydrogens is 324 g/mol. The Morgan fingerprint density at radius 2 is 2.14 bits per heavy atom. The Balaban J connectivity index is 2.08. The molecule has 0 radical (unpaired) electrons. The summed E-state index contributed by atoms with van der Waals surface area (Å²) in [6.07, 6.45) is 1.76. The lowest BCUT2D eigenvalue weighted by Crippen LogP contribution is -2.21. The number of hydrogen-bond donors (Lipinski definition) is 1. The van der Waals surface area contributed by atoms with Gasteiger partial charge in [0.2, 0.25) is 5.13 Å². The van der Waals surface area contributed by atoms with Crippen LogP contribution in [0.4, 0.5) is 5.13 Å². The van der Waals surface area contributed by atoms with Crippen molar-refractivity contribution in [2.45, 2.75) is 35.0 Å². The van der Waals surface area contributed by atoms with Crippen molar-refractivity contribution < 1.29 is 0 Å². The van der Waals surface area contributed by atoms with Crippen molar-refractivity contribution in [3.8, 4) is 0 Å². The Labute approximate surface area is 138 Å². The van der Waals surface area contributed by atoms with E-state index in [2.05, 4.69) is 23.2 Å². The van der Waals surface area contributed by atoms with E-state index < -0.39 is 0 Å². The molecule has 21 heavy (non-hydrogen) atoms. The third kappa shape index (κ3) is 4.57. The molecule has 114 valence electrons. The van der Waals surface area contributed by atoms with Crippen LogP contribution in [0.1, 0.15) is 18.9 Å².